The molecule has 6 nitrogen and oxygen atoms in total. The maximum Gasteiger partial charge on any atom is 0.344 e. The molecule has 0 atom stereocenters. The van der Waals surface area contributed by atoms with E-state index in [0.29, 0.717) is 24.5 Å². The molecule has 0 saturated heterocycles. The van der Waals surface area contributed by atoms with Crippen molar-refractivity contribution in [2.24, 2.45) is 0 Å². The van der Waals surface area contributed by atoms with E-state index < -0.39 is 5.97 Å². The van der Waals surface area contributed by atoms with Crippen LogP contribution in [0.4, 0.5) is 0 Å². The largest absolute Gasteiger partial charge is 0.497 e. The van der Waals surface area contributed by atoms with Crippen molar-refractivity contribution in [2.75, 3.05) is 26.9 Å². The molecule has 0 heterocycles. The molecule has 0 aliphatic carbocycles. The first-order chi connectivity index (χ1) is 11.7. The molecule has 0 radical (unpaired) electrons. The summed E-state index contributed by atoms with van der Waals surface area (Å²) < 4.78 is 15.4. The molecule has 1 N–H and O–H groups in total. The van der Waals surface area contributed by atoms with Crippen molar-refractivity contribution in [1.82, 2.24) is 5.32 Å². The SMILES string of the molecule is CCCCCCC(=O)NCCOC(=O)COc1cccc(OC)c1. The van der Waals surface area contributed by atoms with Gasteiger partial charge >= 0.3 is 5.97 Å². The fraction of sp³-hybridized carbons (Fsp3) is 0.556. The second-order valence-corrected chi connectivity index (χ2v) is 5.35. The van der Waals surface area contributed by atoms with Crippen molar-refractivity contribution >= 4 is 11.9 Å². The van der Waals surface area contributed by atoms with E-state index in [0.717, 1.165) is 25.7 Å². The molecule has 134 valence electrons. The first kappa shape index (κ1) is 19.8. The van der Waals surface area contributed by atoms with E-state index in [2.05, 4.69) is 12.2 Å². The van der Waals surface area contributed by atoms with Gasteiger partial charge in [-0.2, -0.15) is 0 Å². The molecule has 1 amide bonds. The molecule has 6 heteroatoms. The summed E-state index contributed by atoms with van der Waals surface area (Å²) in [5.74, 6) is 0.707. The van der Waals surface area contributed by atoms with Crippen LogP contribution >= 0.6 is 0 Å². The number of benzene rings is 1. The van der Waals surface area contributed by atoms with Gasteiger partial charge in [-0.25, -0.2) is 4.79 Å². The predicted molar refractivity (Wildman–Crippen MR) is 91.2 cm³/mol. The highest BCUT2D eigenvalue weighted by atomic mass is 16.6. The van der Waals surface area contributed by atoms with Crippen molar-refractivity contribution in [3.05, 3.63) is 24.3 Å². The third-order valence-corrected chi connectivity index (χ3v) is 3.34. The highest BCUT2D eigenvalue weighted by molar-refractivity contribution is 5.75. The van der Waals surface area contributed by atoms with Gasteiger partial charge < -0.3 is 19.5 Å². The minimum Gasteiger partial charge on any atom is -0.497 e. The smallest absolute Gasteiger partial charge is 0.344 e. The number of hydrogen-bond donors (Lipinski definition) is 1. The first-order valence-corrected chi connectivity index (χ1v) is 8.35. The molecule has 0 saturated carbocycles. The Bertz CT molecular complexity index is 504. The molecular formula is C18H27NO5. The van der Waals surface area contributed by atoms with Crippen LogP contribution in [0.25, 0.3) is 0 Å². The lowest BCUT2D eigenvalue weighted by molar-refractivity contribution is -0.146. The Morgan fingerprint density at radius 3 is 2.67 bits per heavy atom. The number of rotatable bonds is 12. The zero-order valence-corrected chi connectivity index (χ0v) is 14.5. The third-order valence-electron chi connectivity index (χ3n) is 3.34. The predicted octanol–water partition coefficient (Wildman–Crippen LogP) is 2.70. The summed E-state index contributed by atoms with van der Waals surface area (Å²) in [6.07, 6.45) is 4.79. The first-order valence-electron chi connectivity index (χ1n) is 8.35. The van der Waals surface area contributed by atoms with Crippen molar-refractivity contribution in [1.29, 1.82) is 0 Å². The van der Waals surface area contributed by atoms with Gasteiger partial charge in [-0.1, -0.05) is 32.3 Å². The average molecular weight is 337 g/mol. The van der Waals surface area contributed by atoms with E-state index in [9.17, 15) is 9.59 Å². The van der Waals surface area contributed by atoms with Gasteiger partial charge in [0.05, 0.1) is 13.7 Å². The van der Waals surface area contributed by atoms with Crippen molar-refractivity contribution in [3.63, 3.8) is 0 Å². The van der Waals surface area contributed by atoms with Crippen LogP contribution in [0, 0.1) is 0 Å². The third kappa shape index (κ3) is 9.02. The lowest BCUT2D eigenvalue weighted by atomic mass is 10.1. The van der Waals surface area contributed by atoms with Gasteiger partial charge in [0.1, 0.15) is 18.1 Å². The number of methoxy groups -OCH3 is 1. The standard InChI is InChI=1S/C18H27NO5/c1-3-4-5-6-10-17(20)19-11-12-23-18(21)14-24-16-9-7-8-15(13-16)22-2/h7-9,13H,3-6,10-12,14H2,1-2H3,(H,19,20). The molecule has 1 rings (SSSR count). The van der Waals surface area contributed by atoms with Crippen LogP contribution in [0.3, 0.4) is 0 Å². The molecule has 0 aliphatic heterocycles. The molecule has 0 aromatic heterocycles. The topological polar surface area (TPSA) is 73.9 Å². The zero-order valence-electron chi connectivity index (χ0n) is 14.5. The number of nitrogens with one attached hydrogen (secondary N) is 1. The molecule has 0 unspecified atom stereocenters. The maximum atomic E-state index is 11.6. The number of amides is 1. The Labute approximate surface area is 143 Å². The second-order valence-electron chi connectivity index (χ2n) is 5.35. The van der Waals surface area contributed by atoms with E-state index in [4.69, 9.17) is 14.2 Å². The highest BCUT2D eigenvalue weighted by Gasteiger charge is 2.06. The molecule has 0 spiro atoms. The summed E-state index contributed by atoms with van der Waals surface area (Å²) in [5.41, 5.74) is 0. The fourth-order valence-electron chi connectivity index (χ4n) is 2.03. The Morgan fingerprint density at radius 1 is 1.12 bits per heavy atom. The molecular weight excluding hydrogens is 310 g/mol. The van der Waals surface area contributed by atoms with Crippen molar-refractivity contribution in [3.8, 4) is 11.5 Å². The summed E-state index contributed by atoms with van der Waals surface area (Å²) in [6, 6.07) is 6.98. The minimum absolute atomic E-state index is 0.00483. The second kappa shape index (κ2) is 12.2. The number of hydrogen-bond acceptors (Lipinski definition) is 5. The van der Waals surface area contributed by atoms with Crippen LogP contribution in [0.2, 0.25) is 0 Å². The van der Waals surface area contributed by atoms with Crippen LogP contribution in [0.15, 0.2) is 24.3 Å². The molecule has 1 aromatic rings. The van der Waals surface area contributed by atoms with Gasteiger partial charge in [-0.05, 0) is 18.6 Å². The number of carbonyl (C=O) groups is 2. The summed E-state index contributed by atoms with van der Waals surface area (Å²) in [7, 11) is 1.56. The summed E-state index contributed by atoms with van der Waals surface area (Å²) >= 11 is 0. The lowest BCUT2D eigenvalue weighted by Gasteiger charge is -2.09. The quantitative estimate of drug-likeness (QED) is 0.469. The Balaban J connectivity index is 2.08. The number of esters is 1. The van der Waals surface area contributed by atoms with Gasteiger partial charge in [-0.3, -0.25) is 4.79 Å². The Hall–Kier alpha value is -2.24. The van der Waals surface area contributed by atoms with Gasteiger partial charge in [0.2, 0.25) is 5.91 Å². The van der Waals surface area contributed by atoms with Crippen molar-refractivity contribution < 1.29 is 23.8 Å². The number of unbranched alkanes of at least 4 members (excludes halogenated alkanes) is 3. The normalized spacial score (nSPS) is 10.1. The van der Waals surface area contributed by atoms with Crippen LogP contribution in [-0.4, -0.2) is 38.7 Å². The lowest BCUT2D eigenvalue weighted by Crippen LogP contribution is -2.28. The molecule has 24 heavy (non-hydrogen) atoms. The van der Waals surface area contributed by atoms with Gasteiger partial charge in [0, 0.05) is 12.5 Å². The van der Waals surface area contributed by atoms with Crippen LogP contribution in [-0.2, 0) is 14.3 Å². The van der Waals surface area contributed by atoms with Crippen LogP contribution < -0.4 is 14.8 Å². The average Bonchev–Trinajstić information content (AvgIpc) is 2.61. The molecule has 0 aliphatic rings. The summed E-state index contributed by atoms with van der Waals surface area (Å²) in [4.78, 5) is 23.1. The van der Waals surface area contributed by atoms with Gasteiger partial charge in [0.25, 0.3) is 0 Å². The fourth-order valence-corrected chi connectivity index (χ4v) is 2.03. The monoisotopic (exact) mass is 337 g/mol. The molecule has 0 fully saturated rings. The molecule has 0 bridgehead atoms. The van der Waals surface area contributed by atoms with E-state index >= 15 is 0 Å². The van der Waals surface area contributed by atoms with Crippen LogP contribution in [0.5, 0.6) is 11.5 Å². The summed E-state index contributed by atoms with van der Waals surface area (Å²) in [5, 5.41) is 2.73. The summed E-state index contributed by atoms with van der Waals surface area (Å²) in [6.45, 7) is 2.41. The van der Waals surface area contributed by atoms with E-state index in [-0.39, 0.29) is 19.1 Å². The highest BCUT2D eigenvalue weighted by Crippen LogP contribution is 2.18. The van der Waals surface area contributed by atoms with E-state index in [1.54, 1.807) is 31.4 Å². The van der Waals surface area contributed by atoms with Crippen molar-refractivity contribution in [2.45, 2.75) is 39.0 Å². The van der Waals surface area contributed by atoms with Gasteiger partial charge in [0.15, 0.2) is 6.61 Å². The number of carbonyl (C=O) groups excluding carboxylic acids is 2. The molecule has 1 aromatic carbocycles. The number of ether oxygens (including phenoxy) is 3. The van der Waals surface area contributed by atoms with E-state index in [1.165, 1.54) is 0 Å². The van der Waals surface area contributed by atoms with Crippen LogP contribution in [0.1, 0.15) is 39.0 Å². The maximum absolute atomic E-state index is 11.6. The Morgan fingerprint density at radius 2 is 1.92 bits per heavy atom. The Kier molecular flexibility index (Phi) is 10.1. The van der Waals surface area contributed by atoms with Gasteiger partial charge in [-0.15, -0.1) is 0 Å². The van der Waals surface area contributed by atoms with E-state index in [1.807, 2.05) is 0 Å². The zero-order chi connectivity index (χ0) is 17.6. The minimum atomic E-state index is -0.477.